The quantitative estimate of drug-likeness (QED) is 0.740. The van der Waals surface area contributed by atoms with Gasteiger partial charge in [-0.25, -0.2) is 4.39 Å². The molecule has 1 aromatic rings. The number of ketones is 1. The normalized spacial score (nSPS) is 22.4. The predicted octanol–water partition coefficient (Wildman–Crippen LogP) is 3.36. The van der Waals surface area contributed by atoms with Gasteiger partial charge in [0.1, 0.15) is 11.6 Å². The van der Waals surface area contributed by atoms with E-state index in [2.05, 4.69) is 9.80 Å². The van der Waals surface area contributed by atoms with Crippen molar-refractivity contribution in [3.05, 3.63) is 29.6 Å². The van der Waals surface area contributed by atoms with Gasteiger partial charge in [0.15, 0.2) is 0 Å². The van der Waals surface area contributed by atoms with Gasteiger partial charge in [0.25, 0.3) is 0 Å². The second-order valence-corrected chi connectivity index (χ2v) is 9.30. The van der Waals surface area contributed by atoms with Crippen LogP contribution in [-0.4, -0.2) is 66.8 Å². The zero-order chi connectivity index (χ0) is 21.3. The standard InChI is InChI=1S/C24H34FN3O2/c1-3-21(30)8-13-26-11-6-20(7-12-26)27-14-9-24(10-15-27)17-28(18(2)29)23-5-4-19(25)16-22(23)24/h4-5,16,20H,3,6-15,17H2,1-2H3. The molecule has 3 aliphatic heterocycles. The van der Waals surface area contributed by atoms with Crippen LogP contribution in [0.25, 0.3) is 0 Å². The van der Waals surface area contributed by atoms with E-state index in [1.807, 2.05) is 11.8 Å². The largest absolute Gasteiger partial charge is 0.311 e. The highest BCUT2D eigenvalue weighted by molar-refractivity contribution is 5.94. The minimum absolute atomic E-state index is 0.0380. The van der Waals surface area contributed by atoms with E-state index in [1.165, 1.54) is 6.07 Å². The maximum Gasteiger partial charge on any atom is 0.223 e. The van der Waals surface area contributed by atoms with Crippen molar-refractivity contribution in [2.75, 3.05) is 44.2 Å². The van der Waals surface area contributed by atoms with Crippen molar-refractivity contribution in [2.45, 2.75) is 63.8 Å². The molecule has 1 amide bonds. The van der Waals surface area contributed by atoms with Crippen molar-refractivity contribution in [1.82, 2.24) is 9.80 Å². The topological polar surface area (TPSA) is 43.9 Å². The number of amides is 1. The Morgan fingerprint density at radius 2 is 1.83 bits per heavy atom. The molecule has 164 valence electrons. The third-order valence-electron chi connectivity index (χ3n) is 7.59. The number of hydrogen-bond acceptors (Lipinski definition) is 4. The third kappa shape index (κ3) is 4.17. The van der Waals surface area contributed by atoms with Crippen LogP contribution < -0.4 is 4.90 Å². The number of hydrogen-bond donors (Lipinski definition) is 0. The third-order valence-corrected chi connectivity index (χ3v) is 7.59. The molecule has 1 spiro atoms. The summed E-state index contributed by atoms with van der Waals surface area (Å²) in [6, 6.07) is 5.49. The number of fused-ring (bicyclic) bond motifs is 2. The lowest BCUT2D eigenvalue weighted by Gasteiger charge is -2.45. The average Bonchev–Trinajstić information content (AvgIpc) is 3.06. The summed E-state index contributed by atoms with van der Waals surface area (Å²) in [5.74, 6) is 0.178. The lowest BCUT2D eigenvalue weighted by atomic mass is 9.74. The van der Waals surface area contributed by atoms with E-state index in [0.29, 0.717) is 31.2 Å². The first-order valence-corrected chi connectivity index (χ1v) is 11.5. The highest BCUT2D eigenvalue weighted by Gasteiger charge is 2.46. The van der Waals surface area contributed by atoms with Crippen LogP contribution >= 0.6 is 0 Å². The summed E-state index contributed by atoms with van der Waals surface area (Å²) in [6.07, 6.45) is 5.56. The minimum Gasteiger partial charge on any atom is -0.311 e. The first kappa shape index (κ1) is 21.4. The number of Topliss-reactive ketones (excluding diaryl/α,β-unsaturated/α-hetero) is 1. The summed E-state index contributed by atoms with van der Waals surface area (Å²) in [5, 5.41) is 0. The average molecular weight is 416 g/mol. The van der Waals surface area contributed by atoms with E-state index in [-0.39, 0.29) is 17.1 Å². The van der Waals surface area contributed by atoms with Crippen molar-refractivity contribution >= 4 is 17.4 Å². The van der Waals surface area contributed by atoms with Crippen molar-refractivity contribution in [3.8, 4) is 0 Å². The molecule has 0 aromatic heterocycles. The van der Waals surface area contributed by atoms with Gasteiger partial charge in [-0.15, -0.1) is 0 Å². The molecule has 1 aromatic carbocycles. The highest BCUT2D eigenvalue weighted by atomic mass is 19.1. The second-order valence-electron chi connectivity index (χ2n) is 9.30. The van der Waals surface area contributed by atoms with Crippen LogP contribution in [0.1, 0.15) is 57.9 Å². The van der Waals surface area contributed by atoms with Crippen molar-refractivity contribution < 1.29 is 14.0 Å². The summed E-state index contributed by atoms with van der Waals surface area (Å²) in [7, 11) is 0. The van der Waals surface area contributed by atoms with Crippen LogP contribution in [0.4, 0.5) is 10.1 Å². The van der Waals surface area contributed by atoms with Gasteiger partial charge in [0.05, 0.1) is 0 Å². The summed E-state index contributed by atoms with van der Waals surface area (Å²) in [4.78, 5) is 30.6. The van der Waals surface area contributed by atoms with Gasteiger partial charge in [-0.2, -0.15) is 0 Å². The zero-order valence-electron chi connectivity index (χ0n) is 18.3. The number of anilines is 1. The van der Waals surface area contributed by atoms with Crippen molar-refractivity contribution in [2.24, 2.45) is 0 Å². The van der Waals surface area contributed by atoms with Crippen LogP contribution in [0.2, 0.25) is 0 Å². The smallest absolute Gasteiger partial charge is 0.223 e. The maximum atomic E-state index is 14.0. The Morgan fingerprint density at radius 3 is 2.47 bits per heavy atom. The van der Waals surface area contributed by atoms with Gasteiger partial charge in [-0.3, -0.25) is 9.59 Å². The molecule has 3 heterocycles. The Kier molecular flexibility index (Phi) is 6.26. The molecule has 30 heavy (non-hydrogen) atoms. The fraction of sp³-hybridized carbons (Fsp3) is 0.667. The summed E-state index contributed by atoms with van der Waals surface area (Å²) in [5.41, 5.74) is 1.81. The molecule has 0 atom stereocenters. The van der Waals surface area contributed by atoms with E-state index in [9.17, 15) is 14.0 Å². The van der Waals surface area contributed by atoms with Crippen LogP contribution in [0.15, 0.2) is 18.2 Å². The first-order valence-electron chi connectivity index (χ1n) is 11.5. The van der Waals surface area contributed by atoms with E-state index < -0.39 is 0 Å². The molecule has 0 aliphatic carbocycles. The summed E-state index contributed by atoms with van der Waals surface area (Å²) < 4.78 is 14.0. The van der Waals surface area contributed by atoms with Gasteiger partial charge >= 0.3 is 0 Å². The molecule has 5 nitrogen and oxygen atoms in total. The molecule has 0 saturated carbocycles. The van der Waals surface area contributed by atoms with Gasteiger partial charge < -0.3 is 14.7 Å². The molecular weight excluding hydrogens is 381 g/mol. The lowest BCUT2D eigenvalue weighted by molar-refractivity contribution is -0.119. The Labute approximate surface area is 179 Å². The number of benzene rings is 1. The molecule has 0 bridgehead atoms. The van der Waals surface area contributed by atoms with Gasteiger partial charge in [-0.1, -0.05) is 6.92 Å². The molecule has 0 radical (unpaired) electrons. The van der Waals surface area contributed by atoms with E-state index >= 15 is 0 Å². The number of likely N-dealkylation sites (tertiary alicyclic amines) is 2. The molecule has 3 aliphatic rings. The number of carbonyl (C=O) groups excluding carboxylic acids is 2. The molecule has 0 unspecified atom stereocenters. The Hall–Kier alpha value is -1.79. The van der Waals surface area contributed by atoms with Crippen molar-refractivity contribution in [1.29, 1.82) is 0 Å². The van der Waals surface area contributed by atoms with Crippen LogP contribution in [0, 0.1) is 5.82 Å². The van der Waals surface area contributed by atoms with Gasteiger partial charge in [-0.05, 0) is 75.6 Å². The number of nitrogens with zero attached hydrogens (tertiary/aromatic N) is 3. The molecule has 4 rings (SSSR count). The lowest BCUT2D eigenvalue weighted by Crippen LogP contribution is -2.52. The monoisotopic (exact) mass is 415 g/mol. The molecule has 2 saturated heterocycles. The Morgan fingerprint density at radius 1 is 1.13 bits per heavy atom. The minimum atomic E-state index is -0.213. The fourth-order valence-electron chi connectivity index (χ4n) is 5.63. The van der Waals surface area contributed by atoms with Crippen molar-refractivity contribution in [3.63, 3.8) is 0 Å². The maximum absolute atomic E-state index is 14.0. The number of halogens is 1. The fourth-order valence-corrected chi connectivity index (χ4v) is 5.63. The van der Waals surface area contributed by atoms with Crippen LogP contribution in [0.5, 0.6) is 0 Å². The molecular formula is C24H34FN3O2. The second kappa shape index (κ2) is 8.75. The summed E-state index contributed by atoms with van der Waals surface area (Å²) >= 11 is 0. The Bertz CT molecular complexity index is 796. The van der Waals surface area contributed by atoms with Crippen LogP contribution in [-0.2, 0) is 15.0 Å². The van der Waals surface area contributed by atoms with Gasteiger partial charge in [0.2, 0.25) is 5.91 Å². The zero-order valence-corrected chi connectivity index (χ0v) is 18.3. The first-order chi connectivity index (χ1) is 14.4. The van der Waals surface area contributed by atoms with E-state index in [0.717, 1.165) is 69.7 Å². The molecule has 2 fully saturated rings. The molecule has 0 N–H and O–H groups in total. The van der Waals surface area contributed by atoms with E-state index in [4.69, 9.17) is 0 Å². The highest BCUT2D eigenvalue weighted by Crippen LogP contribution is 2.47. The number of piperidine rings is 2. The van der Waals surface area contributed by atoms with Crippen LogP contribution in [0.3, 0.4) is 0 Å². The molecule has 6 heteroatoms. The number of carbonyl (C=O) groups is 2. The van der Waals surface area contributed by atoms with E-state index in [1.54, 1.807) is 19.1 Å². The summed E-state index contributed by atoms with van der Waals surface area (Å²) in [6.45, 7) is 9.24. The Balaban J connectivity index is 1.35. The SMILES string of the molecule is CCC(=O)CCN1CCC(N2CCC3(CC2)CN(C(C)=O)c2ccc(F)cc23)CC1. The van der Waals surface area contributed by atoms with Gasteiger partial charge in [0, 0.05) is 50.0 Å². The predicted molar refractivity (Wildman–Crippen MR) is 116 cm³/mol. The number of rotatable bonds is 5.